The van der Waals surface area contributed by atoms with E-state index >= 15 is 0 Å². The van der Waals surface area contributed by atoms with E-state index in [1.807, 2.05) is 0 Å². The van der Waals surface area contributed by atoms with Gasteiger partial charge in [0, 0.05) is 6.42 Å². The molecule has 0 aliphatic carbocycles. The Morgan fingerprint density at radius 2 is 2.45 bits per heavy atom. The number of rotatable bonds is 0. The van der Waals surface area contributed by atoms with Crippen molar-refractivity contribution in [1.29, 1.82) is 0 Å². The van der Waals surface area contributed by atoms with Crippen LogP contribution in [0.3, 0.4) is 0 Å². The van der Waals surface area contributed by atoms with E-state index in [0.29, 0.717) is 12.5 Å². The lowest BCUT2D eigenvalue weighted by molar-refractivity contribution is 0.124. The maximum absolute atomic E-state index is 9.24. The lowest BCUT2D eigenvalue weighted by Crippen LogP contribution is -2.25. The van der Waals surface area contributed by atoms with Gasteiger partial charge in [-0.2, -0.15) is 4.98 Å². The number of aryl methyl sites for hydroxylation is 1. The number of aliphatic hydroxyl groups is 1. The quantitative estimate of drug-likeness (QED) is 0.511. The molecule has 11 heavy (non-hydrogen) atoms. The number of hydrogen-bond acceptors (Lipinski definition) is 4. The summed E-state index contributed by atoms with van der Waals surface area (Å²) in [6, 6.07) is 0. The van der Waals surface area contributed by atoms with E-state index in [0.717, 1.165) is 18.7 Å². The maximum Gasteiger partial charge on any atom is 0.239 e. The van der Waals surface area contributed by atoms with Crippen molar-refractivity contribution in [2.45, 2.75) is 25.5 Å². The van der Waals surface area contributed by atoms with Gasteiger partial charge in [-0.05, 0) is 6.42 Å². The van der Waals surface area contributed by atoms with Gasteiger partial charge in [0.2, 0.25) is 5.95 Å². The molecule has 3 N–H and O–H groups in total. The summed E-state index contributed by atoms with van der Waals surface area (Å²) >= 11 is 0. The standard InChI is InChI=1S/C6H10N4O/c7-6-8-5-2-1-4(11)3-10(5)9-6/h4,11H,1-3H2,(H2,7,9). The van der Waals surface area contributed by atoms with Crippen molar-refractivity contribution in [2.75, 3.05) is 5.73 Å². The molecule has 0 fully saturated rings. The van der Waals surface area contributed by atoms with Gasteiger partial charge in [-0.1, -0.05) is 0 Å². The van der Waals surface area contributed by atoms with Gasteiger partial charge < -0.3 is 10.8 Å². The summed E-state index contributed by atoms with van der Waals surface area (Å²) in [5.41, 5.74) is 5.38. The number of anilines is 1. The zero-order valence-corrected chi connectivity index (χ0v) is 6.06. The van der Waals surface area contributed by atoms with Crippen LogP contribution in [0.4, 0.5) is 5.95 Å². The predicted octanol–water partition coefficient (Wildman–Crippen LogP) is -0.833. The molecule has 0 saturated carbocycles. The lowest BCUT2D eigenvalue weighted by Gasteiger charge is -2.16. The minimum absolute atomic E-state index is 0.288. The molecule has 1 aliphatic rings. The Morgan fingerprint density at radius 3 is 3.27 bits per heavy atom. The summed E-state index contributed by atoms with van der Waals surface area (Å²) < 4.78 is 1.67. The van der Waals surface area contributed by atoms with Gasteiger partial charge in [-0.15, -0.1) is 5.10 Å². The minimum Gasteiger partial charge on any atom is -0.391 e. The van der Waals surface area contributed by atoms with Crippen LogP contribution in [0.1, 0.15) is 12.2 Å². The molecule has 0 bridgehead atoms. The van der Waals surface area contributed by atoms with Gasteiger partial charge in [-0.3, -0.25) is 0 Å². The van der Waals surface area contributed by atoms with Crippen molar-refractivity contribution in [3.05, 3.63) is 5.82 Å². The Labute approximate surface area is 63.8 Å². The molecule has 0 amide bonds. The second-order valence-corrected chi connectivity index (χ2v) is 2.76. The van der Waals surface area contributed by atoms with Crippen LogP contribution in [0.5, 0.6) is 0 Å². The van der Waals surface area contributed by atoms with Gasteiger partial charge in [0.15, 0.2) is 0 Å². The van der Waals surface area contributed by atoms with Gasteiger partial charge in [0.1, 0.15) is 5.82 Å². The molecule has 2 heterocycles. The number of aromatic nitrogens is 3. The molecule has 0 spiro atoms. The molecule has 1 unspecified atom stereocenters. The number of hydrogen-bond donors (Lipinski definition) is 2. The van der Waals surface area contributed by atoms with Crippen LogP contribution >= 0.6 is 0 Å². The molecular formula is C6H10N4O. The second kappa shape index (κ2) is 2.20. The van der Waals surface area contributed by atoms with Gasteiger partial charge in [0.25, 0.3) is 0 Å². The fourth-order valence-corrected chi connectivity index (χ4v) is 1.31. The molecule has 60 valence electrons. The summed E-state index contributed by atoms with van der Waals surface area (Å²) in [7, 11) is 0. The zero-order chi connectivity index (χ0) is 7.84. The topological polar surface area (TPSA) is 77.0 Å². The molecular weight excluding hydrogens is 144 g/mol. The minimum atomic E-state index is -0.288. The monoisotopic (exact) mass is 154 g/mol. The third kappa shape index (κ3) is 1.07. The van der Waals surface area contributed by atoms with E-state index in [1.165, 1.54) is 0 Å². The summed E-state index contributed by atoms with van der Waals surface area (Å²) in [5, 5.41) is 13.2. The number of nitrogens with zero attached hydrogens (tertiary/aromatic N) is 3. The fourth-order valence-electron chi connectivity index (χ4n) is 1.31. The van der Waals surface area contributed by atoms with Gasteiger partial charge in [-0.25, -0.2) is 4.68 Å². The molecule has 1 aromatic heterocycles. The van der Waals surface area contributed by atoms with Crippen molar-refractivity contribution >= 4 is 5.95 Å². The highest BCUT2D eigenvalue weighted by molar-refractivity contribution is 5.14. The Bertz CT molecular complexity index is 270. The van der Waals surface area contributed by atoms with E-state index in [2.05, 4.69) is 10.1 Å². The van der Waals surface area contributed by atoms with Crippen molar-refractivity contribution in [3.8, 4) is 0 Å². The third-order valence-corrected chi connectivity index (χ3v) is 1.85. The molecule has 0 radical (unpaired) electrons. The first-order valence-corrected chi connectivity index (χ1v) is 3.63. The number of aliphatic hydroxyl groups excluding tert-OH is 1. The summed E-state index contributed by atoms with van der Waals surface area (Å²) in [4.78, 5) is 4.00. The zero-order valence-electron chi connectivity index (χ0n) is 6.06. The molecule has 1 aromatic rings. The van der Waals surface area contributed by atoms with E-state index < -0.39 is 0 Å². The van der Waals surface area contributed by atoms with Gasteiger partial charge in [0.05, 0.1) is 12.6 Å². The molecule has 1 atom stereocenters. The Balaban J connectivity index is 2.34. The molecule has 2 rings (SSSR count). The van der Waals surface area contributed by atoms with Crippen molar-refractivity contribution in [1.82, 2.24) is 14.8 Å². The average molecular weight is 154 g/mol. The molecule has 5 nitrogen and oxygen atoms in total. The average Bonchev–Trinajstić information content (AvgIpc) is 2.27. The third-order valence-electron chi connectivity index (χ3n) is 1.85. The van der Waals surface area contributed by atoms with Crippen molar-refractivity contribution < 1.29 is 5.11 Å². The highest BCUT2D eigenvalue weighted by Gasteiger charge is 2.18. The molecule has 0 saturated heterocycles. The first-order chi connectivity index (χ1) is 5.25. The number of fused-ring (bicyclic) bond motifs is 1. The Morgan fingerprint density at radius 1 is 1.64 bits per heavy atom. The first-order valence-electron chi connectivity index (χ1n) is 3.63. The smallest absolute Gasteiger partial charge is 0.239 e. The van der Waals surface area contributed by atoms with Crippen LogP contribution in [0.25, 0.3) is 0 Å². The highest BCUT2D eigenvalue weighted by atomic mass is 16.3. The van der Waals surface area contributed by atoms with Crippen LogP contribution < -0.4 is 5.73 Å². The van der Waals surface area contributed by atoms with E-state index in [9.17, 15) is 5.11 Å². The van der Waals surface area contributed by atoms with Crippen molar-refractivity contribution in [3.63, 3.8) is 0 Å². The molecule has 0 aromatic carbocycles. The van der Waals surface area contributed by atoms with Crippen LogP contribution in [0, 0.1) is 0 Å². The largest absolute Gasteiger partial charge is 0.391 e. The van der Waals surface area contributed by atoms with E-state index in [1.54, 1.807) is 4.68 Å². The Kier molecular flexibility index (Phi) is 1.32. The van der Waals surface area contributed by atoms with Crippen LogP contribution in [-0.4, -0.2) is 26.0 Å². The first kappa shape index (κ1) is 6.60. The second-order valence-electron chi connectivity index (χ2n) is 2.76. The normalized spacial score (nSPS) is 23.2. The molecule has 1 aliphatic heterocycles. The van der Waals surface area contributed by atoms with Crippen LogP contribution in [-0.2, 0) is 13.0 Å². The van der Waals surface area contributed by atoms with Crippen LogP contribution in [0.15, 0.2) is 0 Å². The molecule has 5 heteroatoms. The maximum atomic E-state index is 9.24. The van der Waals surface area contributed by atoms with E-state index in [4.69, 9.17) is 5.73 Å². The van der Waals surface area contributed by atoms with Crippen LogP contribution in [0.2, 0.25) is 0 Å². The van der Waals surface area contributed by atoms with Crippen molar-refractivity contribution in [2.24, 2.45) is 0 Å². The highest BCUT2D eigenvalue weighted by Crippen LogP contribution is 2.12. The lowest BCUT2D eigenvalue weighted by atomic mass is 10.1. The SMILES string of the molecule is Nc1nc2n(n1)CC(O)CC2. The summed E-state index contributed by atoms with van der Waals surface area (Å²) in [5.74, 6) is 1.18. The number of nitrogen functional groups attached to an aromatic ring is 1. The number of nitrogens with two attached hydrogens (primary N) is 1. The fraction of sp³-hybridized carbons (Fsp3) is 0.667. The summed E-state index contributed by atoms with van der Waals surface area (Å²) in [6.45, 7) is 0.527. The predicted molar refractivity (Wildman–Crippen MR) is 38.8 cm³/mol. The van der Waals surface area contributed by atoms with Gasteiger partial charge >= 0.3 is 0 Å². The Hall–Kier alpha value is -1.10. The van der Waals surface area contributed by atoms with E-state index in [-0.39, 0.29) is 6.10 Å². The summed E-state index contributed by atoms with van der Waals surface area (Å²) in [6.07, 6.45) is 1.24.